The maximum atomic E-state index is 12.8. The van der Waals surface area contributed by atoms with Crippen LogP contribution < -0.4 is 10.6 Å². The fourth-order valence-corrected chi connectivity index (χ4v) is 3.64. The van der Waals surface area contributed by atoms with Gasteiger partial charge in [0.25, 0.3) is 5.91 Å². The van der Waals surface area contributed by atoms with Crippen molar-refractivity contribution < 1.29 is 9.59 Å². The number of carbonyl (C=O) groups is 2. The lowest BCUT2D eigenvalue weighted by atomic mass is 9.97. The minimum Gasteiger partial charge on any atom is -0.356 e. The highest BCUT2D eigenvalue weighted by Gasteiger charge is 2.30. The number of rotatable bonds is 5. The van der Waals surface area contributed by atoms with Crippen molar-refractivity contribution >= 4 is 11.8 Å². The molecule has 2 unspecified atom stereocenters. The van der Waals surface area contributed by atoms with Crippen LogP contribution in [-0.2, 0) is 4.79 Å². The predicted molar refractivity (Wildman–Crippen MR) is 95.3 cm³/mol. The molecule has 7 heteroatoms. The number of amides is 2. The van der Waals surface area contributed by atoms with Crippen LogP contribution in [0.5, 0.6) is 0 Å². The number of aromatic nitrogens is 2. The third-order valence-corrected chi connectivity index (χ3v) is 5.10. The van der Waals surface area contributed by atoms with Gasteiger partial charge in [-0.3, -0.25) is 14.3 Å². The Morgan fingerprint density at radius 3 is 3.00 bits per heavy atom. The van der Waals surface area contributed by atoms with Crippen molar-refractivity contribution in [3.05, 3.63) is 18.0 Å². The average molecular weight is 347 g/mol. The highest BCUT2D eigenvalue weighted by atomic mass is 16.2. The van der Waals surface area contributed by atoms with Crippen LogP contribution in [0.3, 0.4) is 0 Å². The molecule has 3 rings (SSSR count). The van der Waals surface area contributed by atoms with Gasteiger partial charge in [-0.2, -0.15) is 5.10 Å². The Morgan fingerprint density at radius 2 is 2.24 bits per heavy atom. The molecule has 25 heavy (non-hydrogen) atoms. The van der Waals surface area contributed by atoms with Gasteiger partial charge in [0.15, 0.2) is 0 Å². The molecule has 2 N–H and O–H groups in total. The Kier molecular flexibility index (Phi) is 6.07. The van der Waals surface area contributed by atoms with E-state index in [0.717, 1.165) is 45.2 Å². The molecule has 2 aliphatic rings. The lowest BCUT2D eigenvalue weighted by Gasteiger charge is -2.31. The van der Waals surface area contributed by atoms with Crippen LogP contribution in [-0.4, -0.2) is 59.2 Å². The van der Waals surface area contributed by atoms with Gasteiger partial charge in [0.1, 0.15) is 5.69 Å². The number of likely N-dealkylation sites (tertiary alicyclic amines) is 1. The average Bonchev–Trinajstić information content (AvgIpc) is 3.16. The molecule has 3 heterocycles. The second-order valence-electron chi connectivity index (χ2n) is 7.06. The molecule has 0 bridgehead atoms. The molecule has 2 fully saturated rings. The Morgan fingerprint density at radius 1 is 1.36 bits per heavy atom. The second kappa shape index (κ2) is 8.47. The van der Waals surface area contributed by atoms with Crippen LogP contribution in [0.25, 0.3) is 0 Å². The molecular formula is C18H29N5O2. The van der Waals surface area contributed by atoms with Crippen molar-refractivity contribution in [2.24, 2.45) is 5.92 Å². The third kappa shape index (κ3) is 4.39. The number of hydrogen-bond acceptors (Lipinski definition) is 4. The zero-order chi connectivity index (χ0) is 17.6. The molecule has 2 atom stereocenters. The molecule has 2 amide bonds. The van der Waals surface area contributed by atoms with Gasteiger partial charge in [0.2, 0.25) is 5.91 Å². The first-order chi connectivity index (χ1) is 12.2. The van der Waals surface area contributed by atoms with Crippen LogP contribution in [0.4, 0.5) is 0 Å². The fourth-order valence-electron chi connectivity index (χ4n) is 3.64. The first kappa shape index (κ1) is 17.9. The smallest absolute Gasteiger partial charge is 0.274 e. The second-order valence-corrected chi connectivity index (χ2v) is 7.06. The van der Waals surface area contributed by atoms with Gasteiger partial charge in [0.05, 0.1) is 12.0 Å². The van der Waals surface area contributed by atoms with Gasteiger partial charge >= 0.3 is 0 Å². The first-order valence-corrected chi connectivity index (χ1v) is 9.52. The minimum absolute atomic E-state index is 0.0597. The highest BCUT2D eigenvalue weighted by molar-refractivity contribution is 5.92. The molecule has 1 aromatic rings. The van der Waals surface area contributed by atoms with Crippen LogP contribution in [0, 0.1) is 5.92 Å². The molecular weight excluding hydrogens is 318 g/mol. The molecule has 0 aromatic carbocycles. The predicted octanol–water partition coefficient (Wildman–Crippen LogP) is 1.19. The lowest BCUT2D eigenvalue weighted by Crippen LogP contribution is -2.45. The number of nitrogens with zero attached hydrogens (tertiary/aromatic N) is 3. The van der Waals surface area contributed by atoms with Gasteiger partial charge in [-0.1, -0.05) is 6.92 Å². The number of carbonyl (C=O) groups excluding carboxylic acids is 2. The Bertz CT molecular complexity index is 594. The van der Waals surface area contributed by atoms with Gasteiger partial charge < -0.3 is 15.5 Å². The maximum Gasteiger partial charge on any atom is 0.274 e. The van der Waals surface area contributed by atoms with Crippen molar-refractivity contribution in [2.75, 3.05) is 32.7 Å². The van der Waals surface area contributed by atoms with E-state index in [1.54, 1.807) is 11.0 Å². The Balaban J connectivity index is 1.60. The summed E-state index contributed by atoms with van der Waals surface area (Å²) < 4.78 is 1.91. The highest BCUT2D eigenvalue weighted by Crippen LogP contribution is 2.20. The Hall–Kier alpha value is -1.89. The van der Waals surface area contributed by atoms with Crippen LogP contribution >= 0.6 is 0 Å². The zero-order valence-electron chi connectivity index (χ0n) is 15.0. The van der Waals surface area contributed by atoms with E-state index in [1.807, 2.05) is 17.8 Å². The van der Waals surface area contributed by atoms with E-state index in [-0.39, 0.29) is 17.7 Å². The molecule has 2 aliphatic heterocycles. The quantitative estimate of drug-likeness (QED) is 0.838. The summed E-state index contributed by atoms with van der Waals surface area (Å²) in [4.78, 5) is 26.8. The van der Waals surface area contributed by atoms with Crippen molar-refractivity contribution in [3.8, 4) is 0 Å². The minimum atomic E-state index is -0.103. The van der Waals surface area contributed by atoms with Gasteiger partial charge in [-0.05, 0) is 44.7 Å². The third-order valence-electron chi connectivity index (χ3n) is 5.10. The van der Waals surface area contributed by atoms with Crippen molar-refractivity contribution in [1.82, 2.24) is 25.3 Å². The van der Waals surface area contributed by atoms with Crippen molar-refractivity contribution in [2.45, 2.75) is 45.1 Å². The number of piperidine rings is 2. The van der Waals surface area contributed by atoms with E-state index in [0.29, 0.717) is 31.4 Å². The van der Waals surface area contributed by atoms with E-state index >= 15 is 0 Å². The largest absolute Gasteiger partial charge is 0.356 e. The monoisotopic (exact) mass is 347 g/mol. The van der Waals surface area contributed by atoms with Crippen molar-refractivity contribution in [3.63, 3.8) is 0 Å². The van der Waals surface area contributed by atoms with E-state index in [4.69, 9.17) is 0 Å². The molecule has 138 valence electrons. The summed E-state index contributed by atoms with van der Waals surface area (Å²) >= 11 is 0. The van der Waals surface area contributed by atoms with Crippen molar-refractivity contribution in [1.29, 1.82) is 0 Å². The Labute approximate surface area is 149 Å². The van der Waals surface area contributed by atoms with E-state index < -0.39 is 0 Å². The molecule has 1 aromatic heterocycles. The maximum absolute atomic E-state index is 12.8. The molecule has 0 spiro atoms. The summed E-state index contributed by atoms with van der Waals surface area (Å²) in [6, 6.07) is 2.13. The summed E-state index contributed by atoms with van der Waals surface area (Å²) in [6.45, 7) is 5.89. The standard InChI is InChI=1S/C18H29N5O2/c1-2-8-20-17(24)14-5-4-10-22(13-14)18(25)16-7-11-23(21-16)15-6-3-9-19-12-15/h7,11,14-15,19H,2-6,8-10,12-13H2,1H3,(H,20,24). The molecule has 0 aliphatic carbocycles. The molecule has 0 radical (unpaired) electrons. The molecule has 7 nitrogen and oxygen atoms in total. The molecule has 2 saturated heterocycles. The summed E-state index contributed by atoms with van der Waals surface area (Å²) in [7, 11) is 0. The van der Waals surface area contributed by atoms with E-state index in [9.17, 15) is 9.59 Å². The van der Waals surface area contributed by atoms with Gasteiger partial charge in [0, 0.05) is 32.4 Å². The number of hydrogen-bond donors (Lipinski definition) is 2. The topological polar surface area (TPSA) is 79.3 Å². The zero-order valence-corrected chi connectivity index (χ0v) is 15.0. The van der Waals surface area contributed by atoms with Crippen LogP contribution in [0.15, 0.2) is 12.3 Å². The van der Waals surface area contributed by atoms with Crippen LogP contribution in [0.1, 0.15) is 55.6 Å². The lowest BCUT2D eigenvalue weighted by molar-refractivity contribution is -0.126. The van der Waals surface area contributed by atoms with Crippen LogP contribution in [0.2, 0.25) is 0 Å². The number of nitrogens with one attached hydrogen (secondary N) is 2. The van der Waals surface area contributed by atoms with E-state index in [2.05, 4.69) is 15.7 Å². The summed E-state index contributed by atoms with van der Waals surface area (Å²) in [5, 5.41) is 10.8. The van der Waals surface area contributed by atoms with E-state index in [1.165, 1.54) is 0 Å². The fraction of sp³-hybridized carbons (Fsp3) is 0.722. The van der Waals surface area contributed by atoms with Gasteiger partial charge in [-0.25, -0.2) is 0 Å². The van der Waals surface area contributed by atoms with Gasteiger partial charge in [-0.15, -0.1) is 0 Å². The normalized spacial score (nSPS) is 24.1. The summed E-state index contributed by atoms with van der Waals surface area (Å²) in [5.74, 6) is -0.0949. The molecule has 0 saturated carbocycles. The summed E-state index contributed by atoms with van der Waals surface area (Å²) in [5.41, 5.74) is 0.486. The SMILES string of the molecule is CCCNC(=O)C1CCCN(C(=O)c2ccn(C3CCCNC3)n2)C1. The first-order valence-electron chi connectivity index (χ1n) is 9.52. The summed E-state index contributed by atoms with van der Waals surface area (Å²) in [6.07, 6.45) is 6.76.